The van der Waals surface area contributed by atoms with Crippen molar-refractivity contribution in [2.24, 2.45) is 0 Å². The number of benzene rings is 1. The Bertz CT molecular complexity index is 250. The monoisotopic (exact) mass is 214 g/mol. The van der Waals surface area contributed by atoms with E-state index >= 15 is 0 Å². The van der Waals surface area contributed by atoms with Crippen molar-refractivity contribution in [3.63, 3.8) is 0 Å². The van der Waals surface area contributed by atoms with Crippen molar-refractivity contribution in [2.75, 3.05) is 0 Å². The van der Waals surface area contributed by atoms with Crippen LogP contribution in [-0.4, -0.2) is 18.7 Å². The van der Waals surface area contributed by atoms with Crippen LogP contribution in [0, 0.1) is 0 Å². The molecule has 0 saturated heterocycles. The maximum absolute atomic E-state index is 9.21. The molecule has 1 nitrogen and oxygen atoms in total. The summed E-state index contributed by atoms with van der Waals surface area (Å²) in [6, 6.07) is 7.64. The van der Waals surface area contributed by atoms with Crippen LogP contribution in [0.4, 0.5) is 0 Å². The molecule has 0 unspecified atom stereocenters. The molecule has 0 atom stereocenters. The first-order valence-corrected chi connectivity index (χ1v) is 11.1. The number of hydrogen-bond acceptors (Lipinski definition) is 1. The molecule has 0 aromatic heterocycles. The van der Waals surface area contributed by atoms with Gasteiger partial charge in [0.1, 0.15) is 0 Å². The Morgan fingerprint density at radius 3 is 2.18 bits per heavy atom. The van der Waals surface area contributed by atoms with Crippen LogP contribution in [0.5, 0.6) is 5.75 Å². The van der Waals surface area contributed by atoms with E-state index in [9.17, 15) is 5.11 Å². The predicted molar refractivity (Wildman–Crippen MR) is 52.5 cm³/mol. The molecular weight excluding hydrogens is 199 g/mol. The van der Waals surface area contributed by atoms with E-state index in [0.29, 0.717) is 5.75 Å². The molecule has 0 radical (unpaired) electrons. The molecule has 2 heteroatoms. The van der Waals surface area contributed by atoms with E-state index < -0.39 is 13.6 Å². The van der Waals surface area contributed by atoms with Crippen molar-refractivity contribution >= 4 is 17.9 Å². The molecule has 0 spiro atoms. The fourth-order valence-electron chi connectivity index (χ4n) is 0.972. The van der Waals surface area contributed by atoms with Gasteiger partial charge in [0.15, 0.2) is 0 Å². The molecule has 62 valence electrons. The second kappa shape index (κ2) is 2.90. The fraction of sp³-hybridized carbons (Fsp3) is 0.333. The Balaban J connectivity index is 3.06. The quantitative estimate of drug-likeness (QED) is 0.705. The third-order valence-corrected chi connectivity index (χ3v) is 6.00. The molecule has 11 heavy (non-hydrogen) atoms. The summed E-state index contributed by atoms with van der Waals surface area (Å²) in [5.74, 6) is 0.392. The zero-order chi connectivity index (χ0) is 8.48. The SMILES string of the molecule is C[AsH](C)(C)c1cccc(O)c1. The predicted octanol–water partition coefficient (Wildman–Crippen LogP) is 1.67. The van der Waals surface area contributed by atoms with Gasteiger partial charge in [-0.25, -0.2) is 0 Å². The van der Waals surface area contributed by atoms with E-state index in [1.807, 2.05) is 12.1 Å². The second-order valence-electron chi connectivity index (χ2n) is 3.80. The van der Waals surface area contributed by atoms with Crippen molar-refractivity contribution < 1.29 is 5.11 Å². The normalized spacial score (nSPS) is 13.0. The average molecular weight is 214 g/mol. The summed E-state index contributed by atoms with van der Waals surface area (Å²) in [6.45, 7) is 0. The van der Waals surface area contributed by atoms with Crippen LogP contribution < -0.4 is 4.35 Å². The van der Waals surface area contributed by atoms with E-state index in [4.69, 9.17) is 0 Å². The maximum atomic E-state index is 9.21. The van der Waals surface area contributed by atoms with Crippen molar-refractivity contribution in [3.05, 3.63) is 24.3 Å². The first-order valence-electron chi connectivity index (χ1n) is 3.79. The summed E-state index contributed by atoms with van der Waals surface area (Å²) in [6.07, 6.45) is 0. The first-order chi connectivity index (χ1) is 5.00. The van der Waals surface area contributed by atoms with E-state index in [0.717, 1.165) is 0 Å². The molecule has 0 bridgehead atoms. The van der Waals surface area contributed by atoms with Gasteiger partial charge in [0.05, 0.1) is 0 Å². The van der Waals surface area contributed by atoms with Gasteiger partial charge in [0.2, 0.25) is 0 Å². The number of phenols is 1. The zero-order valence-electron chi connectivity index (χ0n) is 7.26. The molecule has 0 aliphatic rings. The van der Waals surface area contributed by atoms with Crippen LogP contribution in [-0.2, 0) is 0 Å². The number of aromatic hydroxyl groups is 1. The third-order valence-electron chi connectivity index (χ3n) is 1.71. The topological polar surface area (TPSA) is 20.2 Å². The Labute approximate surface area is 70.5 Å². The van der Waals surface area contributed by atoms with E-state index in [1.165, 1.54) is 4.35 Å². The number of rotatable bonds is 1. The van der Waals surface area contributed by atoms with E-state index in [2.05, 4.69) is 23.2 Å². The standard InChI is InChI=1S/C9H15AsO/c1-10(2,3)8-5-4-6-9(11)7-8/h4-7,10-11H,1-3H3. The molecule has 0 fully saturated rings. The molecule has 1 N–H and O–H groups in total. The summed E-state index contributed by atoms with van der Waals surface area (Å²) >= 11 is -1.70. The Kier molecular flexibility index (Phi) is 2.29. The molecule has 0 saturated carbocycles. The molecule has 0 aliphatic carbocycles. The minimum absolute atomic E-state index is 0.392. The van der Waals surface area contributed by atoms with Crippen LogP contribution in [0.25, 0.3) is 0 Å². The van der Waals surface area contributed by atoms with Gasteiger partial charge in [0, 0.05) is 0 Å². The fourth-order valence-corrected chi connectivity index (χ4v) is 3.44. The van der Waals surface area contributed by atoms with Gasteiger partial charge in [-0.2, -0.15) is 0 Å². The van der Waals surface area contributed by atoms with Gasteiger partial charge < -0.3 is 0 Å². The summed E-state index contributed by atoms with van der Waals surface area (Å²) < 4.78 is 1.35. The molecule has 1 aromatic carbocycles. The van der Waals surface area contributed by atoms with Gasteiger partial charge in [-0.3, -0.25) is 0 Å². The van der Waals surface area contributed by atoms with Crippen LogP contribution in [0.1, 0.15) is 0 Å². The van der Waals surface area contributed by atoms with Crippen molar-refractivity contribution in [3.8, 4) is 5.75 Å². The van der Waals surface area contributed by atoms with Gasteiger partial charge >= 0.3 is 70.2 Å². The van der Waals surface area contributed by atoms with Crippen molar-refractivity contribution in [1.82, 2.24) is 0 Å². The zero-order valence-corrected chi connectivity index (χ0v) is 9.35. The summed E-state index contributed by atoms with van der Waals surface area (Å²) in [4.78, 5) is 0. The van der Waals surface area contributed by atoms with Gasteiger partial charge in [-0.05, 0) is 0 Å². The van der Waals surface area contributed by atoms with Crippen LogP contribution in [0.2, 0.25) is 17.1 Å². The molecule has 1 aromatic rings. The van der Waals surface area contributed by atoms with Crippen molar-refractivity contribution in [1.29, 1.82) is 0 Å². The van der Waals surface area contributed by atoms with Crippen LogP contribution >= 0.6 is 0 Å². The molecular formula is C9H15AsO. The van der Waals surface area contributed by atoms with E-state index in [-0.39, 0.29) is 0 Å². The minimum atomic E-state index is -1.70. The van der Waals surface area contributed by atoms with E-state index in [1.54, 1.807) is 6.07 Å². The first kappa shape index (κ1) is 8.67. The van der Waals surface area contributed by atoms with Crippen LogP contribution in [0.15, 0.2) is 24.3 Å². The summed E-state index contributed by atoms with van der Waals surface area (Å²) in [5.41, 5.74) is 6.94. The molecule has 0 amide bonds. The van der Waals surface area contributed by atoms with Crippen LogP contribution in [0.3, 0.4) is 0 Å². The summed E-state index contributed by atoms with van der Waals surface area (Å²) in [5, 5.41) is 9.21. The number of phenolic OH excluding ortho intramolecular Hbond substituents is 1. The number of hydrogen-bond donors (Lipinski definition) is 1. The Morgan fingerprint density at radius 1 is 1.18 bits per heavy atom. The Hall–Kier alpha value is -0.422. The van der Waals surface area contributed by atoms with Gasteiger partial charge in [0.25, 0.3) is 0 Å². The molecule has 0 heterocycles. The molecule has 1 rings (SSSR count). The third kappa shape index (κ3) is 2.27. The Morgan fingerprint density at radius 2 is 1.82 bits per heavy atom. The molecule has 0 aliphatic heterocycles. The van der Waals surface area contributed by atoms with Crippen molar-refractivity contribution in [2.45, 2.75) is 17.1 Å². The second-order valence-corrected chi connectivity index (χ2v) is 14.5. The summed E-state index contributed by atoms with van der Waals surface area (Å²) in [7, 11) is 0. The van der Waals surface area contributed by atoms with Gasteiger partial charge in [-0.15, -0.1) is 0 Å². The van der Waals surface area contributed by atoms with Gasteiger partial charge in [-0.1, -0.05) is 0 Å². The average Bonchev–Trinajstić information content (AvgIpc) is 1.86.